The Morgan fingerprint density at radius 1 is 0.294 bits per heavy atom. The summed E-state index contributed by atoms with van der Waals surface area (Å²) in [5.74, 6) is -0.885. The van der Waals surface area contributed by atoms with Crippen LogP contribution in [0.2, 0.25) is 0 Å². The minimum atomic E-state index is -0.773. The molecule has 0 saturated carbocycles. The molecule has 0 rings (SSSR count). The van der Waals surface area contributed by atoms with Gasteiger partial charge in [-0.15, -0.1) is 0 Å². The van der Waals surface area contributed by atoms with E-state index in [1.807, 2.05) is 0 Å². The second kappa shape index (κ2) is 57.2. The summed E-state index contributed by atoms with van der Waals surface area (Å²) in [4.78, 5) is 37.8. The molecule has 0 N–H and O–H groups in total. The third kappa shape index (κ3) is 54.6. The van der Waals surface area contributed by atoms with Gasteiger partial charge in [0, 0.05) is 19.3 Å². The van der Waals surface area contributed by atoms with Gasteiger partial charge in [0.2, 0.25) is 0 Å². The van der Waals surface area contributed by atoms with Gasteiger partial charge in [-0.2, -0.15) is 0 Å². The zero-order valence-electron chi connectivity index (χ0n) is 45.6. The number of hydrogen-bond donors (Lipinski definition) is 0. The van der Waals surface area contributed by atoms with Crippen LogP contribution in [0.5, 0.6) is 0 Å². The molecule has 0 spiro atoms. The molecular formula is C62H114O6. The van der Waals surface area contributed by atoms with E-state index in [-0.39, 0.29) is 31.1 Å². The van der Waals surface area contributed by atoms with Crippen molar-refractivity contribution in [2.45, 2.75) is 329 Å². The van der Waals surface area contributed by atoms with Gasteiger partial charge in [0.25, 0.3) is 0 Å². The highest BCUT2D eigenvalue weighted by molar-refractivity contribution is 5.71. The lowest BCUT2D eigenvalue weighted by atomic mass is 10.0. The number of carbonyl (C=O) groups excluding carboxylic acids is 3. The lowest BCUT2D eigenvalue weighted by Gasteiger charge is -2.18. The average molecular weight is 956 g/mol. The Hall–Kier alpha value is -2.37. The molecule has 0 saturated heterocycles. The molecule has 68 heavy (non-hydrogen) atoms. The van der Waals surface area contributed by atoms with Crippen molar-refractivity contribution in [3.63, 3.8) is 0 Å². The molecule has 0 aliphatic rings. The second-order valence-electron chi connectivity index (χ2n) is 20.3. The van der Waals surface area contributed by atoms with Crippen LogP contribution < -0.4 is 0 Å². The van der Waals surface area contributed by atoms with Gasteiger partial charge in [-0.05, 0) is 57.8 Å². The van der Waals surface area contributed by atoms with Crippen molar-refractivity contribution in [3.05, 3.63) is 36.5 Å². The Labute approximate surface area is 423 Å². The summed E-state index contributed by atoms with van der Waals surface area (Å²) in [5, 5.41) is 0. The molecule has 1 unspecified atom stereocenters. The van der Waals surface area contributed by atoms with Crippen LogP contribution >= 0.6 is 0 Å². The maximum absolute atomic E-state index is 12.8. The fraction of sp³-hybridized carbons (Fsp3) is 0.855. The SMILES string of the molecule is CCCCC/C=C\C/C=C\C/C=C\CCCCCCCCC(=O)OC(COC(=O)CCCCCCC)COC(=O)CCCCCCCCCCCCCCCCCCCCCCCCCCCC. The summed E-state index contributed by atoms with van der Waals surface area (Å²) < 4.78 is 16.7. The molecule has 6 nitrogen and oxygen atoms in total. The molecule has 0 radical (unpaired) electrons. The van der Waals surface area contributed by atoms with Crippen LogP contribution in [0.4, 0.5) is 0 Å². The number of esters is 3. The van der Waals surface area contributed by atoms with Crippen molar-refractivity contribution >= 4 is 17.9 Å². The predicted octanol–water partition coefficient (Wildman–Crippen LogP) is 20.0. The summed E-state index contributed by atoms with van der Waals surface area (Å²) in [6, 6.07) is 0. The monoisotopic (exact) mass is 955 g/mol. The Morgan fingerprint density at radius 2 is 0.529 bits per heavy atom. The van der Waals surface area contributed by atoms with Crippen LogP contribution in [0.3, 0.4) is 0 Å². The van der Waals surface area contributed by atoms with Crippen molar-refractivity contribution in [1.82, 2.24) is 0 Å². The molecule has 0 amide bonds. The van der Waals surface area contributed by atoms with E-state index in [1.165, 1.54) is 199 Å². The summed E-state index contributed by atoms with van der Waals surface area (Å²) >= 11 is 0. The first-order valence-electron chi connectivity index (χ1n) is 30.0. The van der Waals surface area contributed by atoms with E-state index in [4.69, 9.17) is 14.2 Å². The fourth-order valence-electron chi connectivity index (χ4n) is 8.86. The molecule has 0 aromatic rings. The number of rotatable bonds is 55. The van der Waals surface area contributed by atoms with E-state index in [0.717, 1.165) is 83.5 Å². The maximum atomic E-state index is 12.8. The molecule has 1 atom stereocenters. The average Bonchev–Trinajstić information content (AvgIpc) is 3.34. The Bertz CT molecular complexity index is 1140. The van der Waals surface area contributed by atoms with Crippen molar-refractivity contribution in [2.24, 2.45) is 0 Å². The summed E-state index contributed by atoms with van der Waals surface area (Å²) in [6.45, 7) is 6.56. The Morgan fingerprint density at radius 3 is 0.853 bits per heavy atom. The summed E-state index contributed by atoms with van der Waals surface area (Å²) in [6.07, 6.45) is 69.1. The van der Waals surface area contributed by atoms with Crippen LogP contribution in [-0.2, 0) is 28.6 Å². The van der Waals surface area contributed by atoms with E-state index in [0.29, 0.717) is 19.3 Å². The number of hydrogen-bond acceptors (Lipinski definition) is 6. The molecule has 6 heteroatoms. The number of allylic oxidation sites excluding steroid dienone is 6. The quantitative estimate of drug-likeness (QED) is 0.0262. The van der Waals surface area contributed by atoms with Gasteiger partial charge in [-0.1, -0.05) is 282 Å². The molecule has 0 aliphatic heterocycles. The normalized spacial score (nSPS) is 12.2. The standard InChI is InChI=1S/C62H114O6/c1-4-7-10-13-15-17-19-21-23-25-27-28-29-30-31-32-33-35-36-38-40-42-44-46-49-52-55-61(64)67-58-59(57-66-60(63)54-51-48-12-9-6-3)68-62(65)56-53-50-47-45-43-41-39-37-34-26-24-22-20-18-16-14-11-8-5-2/h16,18,22,24,34,37,59H,4-15,17,19-21,23,25-33,35-36,38-58H2,1-3H3/b18-16-,24-22-,37-34-. The number of unbranched alkanes of at least 4 members (excludes halogenated alkanes) is 38. The zero-order chi connectivity index (χ0) is 49.3. The van der Waals surface area contributed by atoms with Crippen LogP contribution in [0, 0.1) is 0 Å². The first-order chi connectivity index (χ1) is 33.5. The van der Waals surface area contributed by atoms with Gasteiger partial charge in [0.15, 0.2) is 6.10 Å². The highest BCUT2D eigenvalue weighted by Crippen LogP contribution is 2.17. The fourth-order valence-corrected chi connectivity index (χ4v) is 8.86. The second-order valence-corrected chi connectivity index (χ2v) is 20.3. The third-order valence-electron chi connectivity index (χ3n) is 13.4. The molecule has 0 aliphatic carbocycles. The number of ether oxygens (including phenoxy) is 3. The minimum Gasteiger partial charge on any atom is -0.462 e. The molecule has 0 fully saturated rings. The molecule has 0 bridgehead atoms. The van der Waals surface area contributed by atoms with Crippen molar-refractivity contribution in [2.75, 3.05) is 13.2 Å². The highest BCUT2D eigenvalue weighted by Gasteiger charge is 2.19. The first-order valence-corrected chi connectivity index (χ1v) is 30.0. The Balaban J connectivity index is 4.02. The van der Waals surface area contributed by atoms with E-state index in [9.17, 15) is 14.4 Å². The highest BCUT2D eigenvalue weighted by atomic mass is 16.6. The van der Waals surface area contributed by atoms with Gasteiger partial charge >= 0.3 is 17.9 Å². The summed E-state index contributed by atoms with van der Waals surface area (Å²) in [5.41, 5.74) is 0. The zero-order valence-corrected chi connectivity index (χ0v) is 45.6. The predicted molar refractivity (Wildman–Crippen MR) is 293 cm³/mol. The van der Waals surface area contributed by atoms with Crippen molar-refractivity contribution in [1.29, 1.82) is 0 Å². The van der Waals surface area contributed by atoms with Crippen LogP contribution in [-0.4, -0.2) is 37.2 Å². The van der Waals surface area contributed by atoms with E-state index >= 15 is 0 Å². The molecule has 398 valence electrons. The van der Waals surface area contributed by atoms with Gasteiger partial charge in [-0.25, -0.2) is 0 Å². The van der Waals surface area contributed by atoms with Gasteiger partial charge in [0.05, 0.1) is 0 Å². The van der Waals surface area contributed by atoms with Gasteiger partial charge < -0.3 is 14.2 Å². The van der Waals surface area contributed by atoms with Crippen LogP contribution in [0.25, 0.3) is 0 Å². The molecule has 0 heterocycles. The smallest absolute Gasteiger partial charge is 0.306 e. The maximum Gasteiger partial charge on any atom is 0.306 e. The minimum absolute atomic E-state index is 0.0743. The third-order valence-corrected chi connectivity index (χ3v) is 13.4. The van der Waals surface area contributed by atoms with Crippen LogP contribution in [0.15, 0.2) is 36.5 Å². The van der Waals surface area contributed by atoms with E-state index in [2.05, 4.69) is 57.2 Å². The largest absolute Gasteiger partial charge is 0.462 e. The van der Waals surface area contributed by atoms with Gasteiger partial charge in [0.1, 0.15) is 13.2 Å². The Kier molecular flexibility index (Phi) is 55.2. The molecule has 0 aromatic carbocycles. The van der Waals surface area contributed by atoms with Crippen molar-refractivity contribution < 1.29 is 28.6 Å². The van der Waals surface area contributed by atoms with E-state index < -0.39 is 6.10 Å². The molecule has 0 aromatic heterocycles. The topological polar surface area (TPSA) is 78.9 Å². The lowest BCUT2D eigenvalue weighted by Crippen LogP contribution is -2.30. The first kappa shape index (κ1) is 65.6. The number of carbonyl (C=O) groups is 3. The van der Waals surface area contributed by atoms with Crippen LogP contribution in [0.1, 0.15) is 323 Å². The van der Waals surface area contributed by atoms with E-state index in [1.54, 1.807) is 0 Å². The van der Waals surface area contributed by atoms with Gasteiger partial charge in [-0.3, -0.25) is 14.4 Å². The van der Waals surface area contributed by atoms with Crippen molar-refractivity contribution in [3.8, 4) is 0 Å². The molecular weight excluding hydrogens is 841 g/mol. The lowest BCUT2D eigenvalue weighted by molar-refractivity contribution is -0.167. The summed E-state index contributed by atoms with van der Waals surface area (Å²) in [7, 11) is 0.